The number of halogens is 1. The molecule has 0 aromatic heterocycles. The second-order valence-electron chi connectivity index (χ2n) is 7.24. The Balaban J connectivity index is 1.72. The number of sulfonamides is 2. The molecule has 2 aromatic rings. The van der Waals surface area contributed by atoms with Crippen LogP contribution in [0, 0.1) is 5.82 Å². The maximum atomic E-state index is 13.9. The fraction of sp³-hybridized carbons (Fsp3) is 0.381. The maximum Gasteiger partial charge on any atom is 0.256 e. The van der Waals surface area contributed by atoms with E-state index in [1.165, 1.54) is 56.0 Å². The number of rotatable bonds is 7. The van der Waals surface area contributed by atoms with Crippen molar-refractivity contribution in [2.75, 3.05) is 39.3 Å². The summed E-state index contributed by atoms with van der Waals surface area (Å²) in [6.45, 7) is 4.46. The molecule has 0 aliphatic carbocycles. The van der Waals surface area contributed by atoms with Crippen LogP contribution in [0.3, 0.4) is 0 Å². The smallest absolute Gasteiger partial charge is 0.256 e. The minimum Gasteiger partial charge on any atom is -0.336 e. The number of nitrogens with zero attached hydrogens (tertiary/aromatic N) is 3. The monoisotopic (exact) mass is 483 g/mol. The summed E-state index contributed by atoms with van der Waals surface area (Å²) in [5.74, 6) is -1.10. The second-order valence-corrected chi connectivity index (χ2v) is 11.1. The number of carbonyl (C=O) groups excluding carboxylic acids is 1. The van der Waals surface area contributed by atoms with E-state index in [0.717, 1.165) is 0 Å². The summed E-state index contributed by atoms with van der Waals surface area (Å²) < 4.78 is 67.6. The highest BCUT2D eigenvalue weighted by Gasteiger charge is 2.31. The number of hydrogen-bond donors (Lipinski definition) is 0. The Morgan fingerprint density at radius 1 is 0.875 bits per heavy atom. The van der Waals surface area contributed by atoms with Crippen LogP contribution in [0.15, 0.2) is 58.3 Å². The van der Waals surface area contributed by atoms with E-state index >= 15 is 0 Å². The molecule has 1 fully saturated rings. The fourth-order valence-corrected chi connectivity index (χ4v) is 6.46. The van der Waals surface area contributed by atoms with Crippen molar-refractivity contribution in [3.05, 3.63) is 59.9 Å². The number of carbonyl (C=O) groups is 1. The summed E-state index contributed by atoms with van der Waals surface area (Å²) in [6.07, 6.45) is 0. The zero-order valence-corrected chi connectivity index (χ0v) is 19.6. The molecule has 1 amide bonds. The zero-order chi connectivity index (χ0) is 23.5. The molecule has 8 nitrogen and oxygen atoms in total. The summed E-state index contributed by atoms with van der Waals surface area (Å²) in [5, 5.41) is 0. The van der Waals surface area contributed by atoms with Gasteiger partial charge in [0.2, 0.25) is 20.0 Å². The van der Waals surface area contributed by atoms with Crippen LogP contribution in [0.4, 0.5) is 4.39 Å². The van der Waals surface area contributed by atoms with E-state index in [4.69, 9.17) is 0 Å². The van der Waals surface area contributed by atoms with E-state index in [1.807, 2.05) is 0 Å². The van der Waals surface area contributed by atoms with Gasteiger partial charge in [-0.15, -0.1) is 0 Å². The molecule has 0 radical (unpaired) electrons. The van der Waals surface area contributed by atoms with Gasteiger partial charge in [0.1, 0.15) is 5.82 Å². The van der Waals surface area contributed by atoms with Crippen molar-refractivity contribution in [3.8, 4) is 0 Å². The quantitative estimate of drug-likeness (QED) is 0.600. The Morgan fingerprint density at radius 3 is 1.94 bits per heavy atom. The van der Waals surface area contributed by atoms with Gasteiger partial charge in [-0.3, -0.25) is 4.79 Å². The first kappa shape index (κ1) is 24.3. The van der Waals surface area contributed by atoms with Gasteiger partial charge in [-0.05, 0) is 36.4 Å². The van der Waals surface area contributed by atoms with Gasteiger partial charge in [-0.25, -0.2) is 21.2 Å². The molecular weight excluding hydrogens is 457 g/mol. The van der Waals surface area contributed by atoms with Gasteiger partial charge in [0.25, 0.3) is 5.91 Å². The van der Waals surface area contributed by atoms with Crippen LogP contribution in [0.5, 0.6) is 0 Å². The highest BCUT2D eigenvalue weighted by Crippen LogP contribution is 2.22. The summed E-state index contributed by atoms with van der Waals surface area (Å²) in [7, 11) is -7.55. The Hall–Kier alpha value is -2.34. The third kappa shape index (κ3) is 4.70. The van der Waals surface area contributed by atoms with E-state index < -0.39 is 31.8 Å². The predicted molar refractivity (Wildman–Crippen MR) is 118 cm³/mol. The van der Waals surface area contributed by atoms with Crippen LogP contribution in [0.25, 0.3) is 0 Å². The van der Waals surface area contributed by atoms with Crippen LogP contribution in [-0.2, 0) is 20.0 Å². The van der Waals surface area contributed by atoms with Crippen LogP contribution in [0.2, 0.25) is 0 Å². The van der Waals surface area contributed by atoms with Gasteiger partial charge in [0.05, 0.1) is 15.4 Å². The lowest BCUT2D eigenvalue weighted by Crippen LogP contribution is -2.50. The molecule has 2 aromatic carbocycles. The summed E-state index contributed by atoms with van der Waals surface area (Å²) in [6, 6.07) is 10.8. The molecule has 0 saturated carbocycles. The van der Waals surface area contributed by atoms with Gasteiger partial charge in [-0.2, -0.15) is 8.61 Å². The van der Waals surface area contributed by atoms with Crippen molar-refractivity contribution in [1.82, 2.24) is 13.5 Å². The average molecular weight is 484 g/mol. The van der Waals surface area contributed by atoms with Crippen LogP contribution < -0.4 is 0 Å². The topological polar surface area (TPSA) is 95.1 Å². The maximum absolute atomic E-state index is 13.9. The van der Waals surface area contributed by atoms with Gasteiger partial charge < -0.3 is 4.90 Å². The number of benzene rings is 2. The Morgan fingerprint density at radius 2 is 1.41 bits per heavy atom. The van der Waals surface area contributed by atoms with E-state index in [2.05, 4.69) is 0 Å². The normalized spacial score (nSPS) is 15.8. The molecule has 0 atom stereocenters. The predicted octanol–water partition coefficient (Wildman–Crippen LogP) is 2.00. The summed E-state index contributed by atoms with van der Waals surface area (Å²) in [5.41, 5.74) is -0.0474. The molecule has 0 bridgehead atoms. The molecule has 3 rings (SSSR count). The second kappa shape index (κ2) is 9.65. The molecular formula is C21H26FN3O5S2. The lowest BCUT2D eigenvalue weighted by molar-refractivity contribution is 0.0693. The number of amides is 1. The van der Waals surface area contributed by atoms with E-state index in [0.29, 0.717) is 13.1 Å². The SMILES string of the molecule is CCN(CC)S(=O)(=O)c1ccc(S(=O)(=O)N2CCN(C(=O)c3ccccc3F)CC2)cc1. The van der Waals surface area contributed by atoms with Crippen molar-refractivity contribution in [3.63, 3.8) is 0 Å². The average Bonchev–Trinajstić information content (AvgIpc) is 2.80. The molecule has 1 heterocycles. The summed E-state index contributed by atoms with van der Waals surface area (Å²) >= 11 is 0. The van der Waals surface area contributed by atoms with Crippen molar-refractivity contribution in [2.45, 2.75) is 23.6 Å². The van der Waals surface area contributed by atoms with Gasteiger partial charge in [0.15, 0.2) is 0 Å². The zero-order valence-electron chi connectivity index (χ0n) is 17.9. The molecule has 32 heavy (non-hydrogen) atoms. The molecule has 1 aliphatic rings. The van der Waals surface area contributed by atoms with E-state index in [9.17, 15) is 26.0 Å². The minimum atomic E-state index is -3.86. The Kier molecular flexibility index (Phi) is 7.33. The van der Waals surface area contributed by atoms with E-state index in [1.54, 1.807) is 19.9 Å². The van der Waals surface area contributed by atoms with Crippen LogP contribution in [-0.4, -0.2) is 75.5 Å². The lowest BCUT2D eigenvalue weighted by atomic mass is 10.1. The molecule has 11 heteroatoms. The largest absolute Gasteiger partial charge is 0.336 e. The highest BCUT2D eigenvalue weighted by molar-refractivity contribution is 7.89. The molecule has 1 saturated heterocycles. The van der Waals surface area contributed by atoms with Crippen molar-refractivity contribution >= 4 is 26.0 Å². The summed E-state index contributed by atoms with van der Waals surface area (Å²) in [4.78, 5) is 14.0. The van der Waals surface area contributed by atoms with Gasteiger partial charge in [0, 0.05) is 39.3 Å². The molecule has 0 N–H and O–H groups in total. The first-order valence-electron chi connectivity index (χ1n) is 10.3. The van der Waals surface area contributed by atoms with Crippen molar-refractivity contribution in [2.24, 2.45) is 0 Å². The van der Waals surface area contributed by atoms with Gasteiger partial charge in [-0.1, -0.05) is 26.0 Å². The van der Waals surface area contributed by atoms with Crippen LogP contribution in [0.1, 0.15) is 24.2 Å². The molecule has 1 aliphatic heterocycles. The number of hydrogen-bond acceptors (Lipinski definition) is 5. The standard InChI is InChI=1S/C21H26FN3O5S2/c1-3-24(4-2)31(27,28)17-9-11-18(12-10-17)32(29,30)25-15-13-23(14-16-25)21(26)19-7-5-6-8-20(19)22/h5-12H,3-4,13-16H2,1-2H3. The Bertz CT molecular complexity index is 1170. The molecule has 0 spiro atoms. The first-order chi connectivity index (χ1) is 15.1. The molecule has 174 valence electrons. The van der Waals surface area contributed by atoms with Crippen molar-refractivity contribution < 1.29 is 26.0 Å². The third-order valence-corrected chi connectivity index (χ3v) is 9.41. The first-order valence-corrected chi connectivity index (χ1v) is 13.1. The van der Waals surface area contributed by atoms with Crippen LogP contribution >= 0.6 is 0 Å². The number of piperazine rings is 1. The van der Waals surface area contributed by atoms with E-state index in [-0.39, 0.29) is 41.5 Å². The van der Waals surface area contributed by atoms with Crippen molar-refractivity contribution in [1.29, 1.82) is 0 Å². The third-order valence-electron chi connectivity index (χ3n) is 5.43. The highest BCUT2D eigenvalue weighted by atomic mass is 32.2. The fourth-order valence-electron chi connectivity index (χ4n) is 3.58. The van der Waals surface area contributed by atoms with Gasteiger partial charge >= 0.3 is 0 Å². The minimum absolute atomic E-state index is 0.0233. The Labute approximate surface area is 188 Å². The lowest BCUT2D eigenvalue weighted by Gasteiger charge is -2.34. The molecule has 0 unspecified atom stereocenters.